The summed E-state index contributed by atoms with van der Waals surface area (Å²) >= 11 is 0. The summed E-state index contributed by atoms with van der Waals surface area (Å²) in [6.45, 7) is 4.16. The number of pyridine rings is 4. The Kier molecular flexibility index (Phi) is 30.2. The molecule has 0 amide bonds. The van der Waals surface area contributed by atoms with Crippen molar-refractivity contribution in [3.63, 3.8) is 0 Å². The number of aryl methyl sites for hydroxylation is 1. The Hall–Kier alpha value is -12.1. The van der Waals surface area contributed by atoms with Gasteiger partial charge in [-0.1, -0.05) is 84.9 Å². The largest absolute Gasteiger partial charge is 1.00 e. The molecule has 1 saturated carbocycles. The maximum absolute atomic E-state index is 14.7. The summed E-state index contributed by atoms with van der Waals surface area (Å²) in [6.07, 6.45) is 3.05. The number of halogens is 7. The van der Waals surface area contributed by atoms with E-state index in [0.29, 0.717) is 80.0 Å². The minimum Gasteiger partial charge on any atom is -0.545 e. The van der Waals surface area contributed by atoms with E-state index >= 15 is 0 Å². The van der Waals surface area contributed by atoms with E-state index in [1.54, 1.807) is 99.1 Å². The zero-order valence-electron chi connectivity index (χ0n) is 61.7. The monoisotopic (exact) mass is 1510 g/mol. The van der Waals surface area contributed by atoms with Crippen molar-refractivity contribution in [2.24, 2.45) is 0 Å². The van der Waals surface area contributed by atoms with Crippen LogP contribution in [0.2, 0.25) is 0 Å². The van der Waals surface area contributed by atoms with Gasteiger partial charge in [0.05, 0.1) is 73.8 Å². The van der Waals surface area contributed by atoms with Gasteiger partial charge >= 0.3 is 56.0 Å². The number of rotatable bonds is 23. The number of ether oxygens (including phenoxy) is 5. The van der Waals surface area contributed by atoms with E-state index < -0.39 is 53.4 Å². The summed E-state index contributed by atoms with van der Waals surface area (Å²) in [5, 5.41) is 41.3. The van der Waals surface area contributed by atoms with Crippen LogP contribution in [0, 0.1) is 30.2 Å². The SMILES string of the molecule is CCOc1cccc(-c2ccc(Cc3ncccc3C(=O)[O-])c(F)c2)c1.COc1cccc(-c2cc(F)c(Cc3ncc(C)cc3C(=O)O)c(F)c2)c1.COc1cccc(-c2ccc(Cc3ncc(C4CC4)cc3C(=O)O)c(F)c2)c1.COc1cccc(-c2ccc(Cc3ncccc3C(=O)[O-])c(OC(F)(F)F)c2)c1.[Li+].[Li+]. The average molecular weight is 1510 g/mol. The zero-order valence-corrected chi connectivity index (χ0v) is 61.7. The molecule has 0 unspecified atom stereocenters. The van der Waals surface area contributed by atoms with Gasteiger partial charge in [-0.25, -0.2) is 27.2 Å². The maximum atomic E-state index is 14.7. The normalized spacial score (nSPS) is 11.2. The molecule has 2 N–H and O–H groups in total. The third kappa shape index (κ3) is 23.0. The fraction of sp³-hybridized carbons (Fsp3) is 0.163. The number of carboxylic acids is 4. The first-order valence-corrected chi connectivity index (χ1v) is 34.1. The number of aromatic carboxylic acids is 4. The van der Waals surface area contributed by atoms with Gasteiger partial charge in [0.2, 0.25) is 0 Å². The molecule has 4 heterocycles. The van der Waals surface area contributed by atoms with Crippen molar-refractivity contribution in [3.05, 3.63) is 327 Å². The zero-order chi connectivity index (χ0) is 78.8. The first-order chi connectivity index (χ1) is 52.8. The van der Waals surface area contributed by atoms with Crippen LogP contribution in [-0.4, -0.2) is 88.3 Å². The van der Waals surface area contributed by atoms with Crippen LogP contribution in [0.3, 0.4) is 0 Å². The first-order valence-electron chi connectivity index (χ1n) is 34.1. The molecule has 17 nitrogen and oxygen atoms in total. The van der Waals surface area contributed by atoms with Crippen molar-refractivity contribution in [1.29, 1.82) is 0 Å². The molecule has 0 aliphatic heterocycles. The van der Waals surface area contributed by atoms with Crippen LogP contribution in [-0.2, 0) is 25.7 Å². The minimum atomic E-state index is -4.91. The predicted octanol–water partition coefficient (Wildman–Crippen LogP) is 10.6. The first kappa shape index (κ1) is 85.6. The molecular formula is C86H69F7Li2N4O13. The average Bonchev–Trinajstić information content (AvgIpc) is 1.16. The standard InChI is InChI=1S/C23H20FNO3.C21H16F3NO4.C21H17F2NO3.C21H18FNO3.2Li/c1-28-19-4-2-3-15(9-19)16-7-8-17(21(24)11-16)12-22-20(23(26)27)10-18(13-25-22)14-5-6-14;1-28-16-5-2-4-13(10-16)14-7-8-15(19(12-14)29-21(22,23)24)11-18-17(20(26)27)6-3-9-25-18;1-12-6-17(21(25)26)20(24-11-12)10-16-18(22)8-14(9-19(16)23)13-4-3-5-15(7-13)27-2;1-2-26-17-6-3-5-14(11-17)15-8-9-16(19(22)12-15)13-20-18(21(24)25)7-4-10-23-20;;/h2-4,7-11,13-14H,5-6,12H2,1H3,(H,26,27);2-10,12H,11H2,1H3,(H,26,27);3-9,11H,10H2,1-2H3,(H,25,26);3-12H,2,13H2,1H3,(H,24,25);;/q;;;;2*+1/p-2. The number of carbonyl (C=O) groups excluding carboxylic acids is 2. The van der Waals surface area contributed by atoms with Gasteiger partial charge in [0.1, 0.15) is 52.0 Å². The number of aromatic nitrogens is 4. The van der Waals surface area contributed by atoms with Crippen molar-refractivity contribution in [2.45, 2.75) is 64.7 Å². The van der Waals surface area contributed by atoms with Gasteiger partial charge in [0.15, 0.2) is 0 Å². The number of carboxylic acid groups (broad SMARTS) is 4. The van der Waals surface area contributed by atoms with Gasteiger partial charge in [-0.3, -0.25) is 19.9 Å². The Morgan fingerprint density at radius 2 is 0.821 bits per heavy atom. The van der Waals surface area contributed by atoms with Crippen molar-refractivity contribution >= 4 is 23.9 Å². The quantitative estimate of drug-likeness (QED) is 0.0446. The molecule has 1 fully saturated rings. The van der Waals surface area contributed by atoms with Gasteiger partial charge < -0.3 is 53.7 Å². The van der Waals surface area contributed by atoms with Crippen LogP contribution < -0.4 is 71.6 Å². The molecule has 13 rings (SSSR count). The Bertz CT molecular complexity index is 5340. The number of methoxy groups -OCH3 is 3. The fourth-order valence-electron chi connectivity index (χ4n) is 11.8. The van der Waals surface area contributed by atoms with Crippen LogP contribution in [0.1, 0.15) is 123 Å². The van der Waals surface area contributed by atoms with E-state index in [4.69, 9.17) is 18.9 Å². The van der Waals surface area contributed by atoms with Crippen molar-refractivity contribution < 1.29 is 132 Å². The second-order valence-corrected chi connectivity index (χ2v) is 25.0. The summed E-state index contributed by atoms with van der Waals surface area (Å²) in [6, 6.07) is 53.9. The second-order valence-electron chi connectivity index (χ2n) is 25.0. The Labute approximate surface area is 664 Å². The fourth-order valence-corrected chi connectivity index (χ4v) is 11.8. The van der Waals surface area contributed by atoms with Crippen LogP contribution >= 0.6 is 0 Å². The Balaban J connectivity index is 0.000000186. The van der Waals surface area contributed by atoms with E-state index in [1.165, 1.54) is 99.5 Å². The van der Waals surface area contributed by atoms with Gasteiger partial charge in [-0.05, 0) is 215 Å². The Morgan fingerprint density at radius 3 is 1.25 bits per heavy atom. The summed E-state index contributed by atoms with van der Waals surface area (Å²) in [5.41, 5.74) is 8.26. The Morgan fingerprint density at radius 1 is 0.438 bits per heavy atom. The third-order valence-corrected chi connectivity index (χ3v) is 17.5. The molecule has 0 spiro atoms. The van der Waals surface area contributed by atoms with Gasteiger partial charge in [0, 0.05) is 72.7 Å². The third-order valence-electron chi connectivity index (χ3n) is 17.5. The topological polar surface area (TPSA) is 253 Å². The number of nitrogens with zero attached hydrogens (tertiary/aromatic N) is 4. The molecule has 4 aromatic heterocycles. The molecule has 0 atom stereocenters. The molecule has 1 aliphatic carbocycles. The van der Waals surface area contributed by atoms with Crippen LogP contribution in [0.5, 0.6) is 28.7 Å². The van der Waals surface area contributed by atoms with Gasteiger partial charge in [0.25, 0.3) is 0 Å². The molecule has 562 valence electrons. The molecule has 26 heteroatoms. The van der Waals surface area contributed by atoms with E-state index in [-0.39, 0.29) is 120 Å². The molecule has 8 aromatic carbocycles. The summed E-state index contributed by atoms with van der Waals surface area (Å²) in [7, 11) is 4.59. The number of hydrogen-bond donors (Lipinski definition) is 2. The minimum absolute atomic E-state index is 0. The van der Waals surface area contributed by atoms with Crippen molar-refractivity contribution in [2.75, 3.05) is 27.9 Å². The number of hydrogen-bond acceptors (Lipinski definition) is 15. The van der Waals surface area contributed by atoms with Crippen molar-refractivity contribution in [1.82, 2.24) is 19.9 Å². The molecular weight excluding hydrogens is 1440 g/mol. The molecule has 0 saturated heterocycles. The molecule has 1 aliphatic rings. The summed E-state index contributed by atoms with van der Waals surface area (Å²) in [4.78, 5) is 61.8. The number of carbonyl (C=O) groups is 4. The smallest absolute Gasteiger partial charge is 0.545 e. The van der Waals surface area contributed by atoms with Crippen LogP contribution in [0.25, 0.3) is 44.5 Å². The van der Waals surface area contributed by atoms with E-state index in [0.717, 1.165) is 40.8 Å². The molecule has 112 heavy (non-hydrogen) atoms. The van der Waals surface area contributed by atoms with Gasteiger partial charge in [-0.15, -0.1) is 13.2 Å². The van der Waals surface area contributed by atoms with E-state index in [2.05, 4.69) is 24.7 Å². The van der Waals surface area contributed by atoms with E-state index in [1.807, 2.05) is 61.5 Å². The van der Waals surface area contributed by atoms with Gasteiger partial charge in [-0.2, -0.15) is 0 Å². The summed E-state index contributed by atoms with van der Waals surface area (Å²) < 4.78 is 123. The van der Waals surface area contributed by atoms with Crippen LogP contribution in [0.15, 0.2) is 225 Å². The maximum Gasteiger partial charge on any atom is 1.00 e. The van der Waals surface area contributed by atoms with Crippen molar-refractivity contribution in [3.8, 4) is 73.3 Å². The predicted molar refractivity (Wildman–Crippen MR) is 392 cm³/mol. The number of alkyl halides is 3. The summed E-state index contributed by atoms with van der Waals surface area (Å²) in [5.74, 6) is -4.78. The second kappa shape index (κ2) is 39.5. The number of benzene rings is 8. The van der Waals surface area contributed by atoms with E-state index in [9.17, 15) is 70.3 Å². The molecule has 12 aromatic rings. The molecule has 0 bridgehead atoms. The molecule has 0 radical (unpaired) electrons. The van der Waals surface area contributed by atoms with Crippen LogP contribution in [0.4, 0.5) is 30.7 Å².